The number of para-hydroxylation sites is 1. The van der Waals surface area contributed by atoms with Crippen LogP contribution in [-0.2, 0) is 11.8 Å². The molecule has 1 amide bonds. The highest BCUT2D eigenvalue weighted by molar-refractivity contribution is 6.04. The van der Waals surface area contributed by atoms with Crippen molar-refractivity contribution in [2.24, 2.45) is 7.05 Å². The van der Waals surface area contributed by atoms with Gasteiger partial charge in [0, 0.05) is 31.1 Å². The third-order valence-corrected chi connectivity index (χ3v) is 8.25. The van der Waals surface area contributed by atoms with Gasteiger partial charge in [0.05, 0.1) is 42.4 Å². The van der Waals surface area contributed by atoms with Crippen molar-refractivity contribution in [3.8, 4) is 28.7 Å². The molecule has 4 heterocycles. The average Bonchev–Trinajstić information content (AvgIpc) is 3.61. The Bertz CT molecular complexity index is 1930. The molecule has 5 aromatic rings. The normalized spacial score (nSPS) is 16.7. The van der Waals surface area contributed by atoms with Crippen LogP contribution in [-0.4, -0.2) is 50.7 Å². The molecular weight excluding hydrogens is 562 g/mol. The lowest BCUT2D eigenvalue weighted by molar-refractivity contribution is 0.0781. The van der Waals surface area contributed by atoms with E-state index >= 15 is 0 Å². The zero-order chi connectivity index (χ0) is 30.4. The number of aromatic nitrogens is 4. The summed E-state index contributed by atoms with van der Waals surface area (Å²) in [7, 11) is 3.34. The maximum Gasteiger partial charge on any atom is 0.284 e. The molecule has 2 fully saturated rings. The number of carbonyl (C=O) groups excluding carboxylic acids is 1. The summed E-state index contributed by atoms with van der Waals surface area (Å²) in [6.07, 6.45) is 6.21. The van der Waals surface area contributed by atoms with Gasteiger partial charge in [-0.15, -0.1) is 0 Å². The highest BCUT2D eigenvalue weighted by Crippen LogP contribution is 2.48. The van der Waals surface area contributed by atoms with Crippen LogP contribution in [0.15, 0.2) is 77.9 Å². The van der Waals surface area contributed by atoms with Crippen molar-refractivity contribution in [3.05, 3.63) is 94.7 Å². The first-order chi connectivity index (χ1) is 21.3. The summed E-state index contributed by atoms with van der Waals surface area (Å²) in [5.74, 6) is 1.94. The van der Waals surface area contributed by atoms with Crippen molar-refractivity contribution in [3.63, 3.8) is 0 Å². The van der Waals surface area contributed by atoms with Gasteiger partial charge in [-0.05, 0) is 56.2 Å². The molecule has 224 valence electrons. The average molecular weight is 594 g/mol. The molecule has 3 aromatic heterocycles. The number of hydrogen-bond acceptors (Lipinski definition) is 8. The van der Waals surface area contributed by atoms with Gasteiger partial charge in [0.15, 0.2) is 11.5 Å². The van der Waals surface area contributed by atoms with Crippen LogP contribution in [0, 0.1) is 6.92 Å². The minimum atomic E-state index is -0.541. The fraction of sp³-hybridized carbons (Fsp3) is 0.273. The molecule has 0 bridgehead atoms. The number of carbonyl (C=O) groups is 1. The third-order valence-electron chi connectivity index (χ3n) is 8.25. The van der Waals surface area contributed by atoms with Gasteiger partial charge in [-0.2, -0.15) is 0 Å². The number of pyridine rings is 2. The number of rotatable bonds is 8. The van der Waals surface area contributed by atoms with E-state index in [1.807, 2.05) is 42.5 Å². The van der Waals surface area contributed by atoms with Crippen molar-refractivity contribution in [1.29, 1.82) is 0 Å². The van der Waals surface area contributed by atoms with E-state index in [0.717, 1.165) is 24.6 Å². The third kappa shape index (κ3) is 5.05. The zero-order valence-corrected chi connectivity index (χ0v) is 24.6. The Morgan fingerprint density at radius 1 is 1.05 bits per heavy atom. The summed E-state index contributed by atoms with van der Waals surface area (Å²) in [4.78, 5) is 35.2. The molecule has 1 saturated carbocycles. The SMILES string of the molecule is COc1cc2c(Oc3ccc(NC(=O)c4c(C)n(C)n(-c5ccccc5)c4=O)nc3)ccnc2cc1OC1COC2(CC2)C1. The van der Waals surface area contributed by atoms with E-state index in [9.17, 15) is 9.59 Å². The molecule has 2 aromatic carbocycles. The van der Waals surface area contributed by atoms with Crippen molar-refractivity contribution in [2.75, 3.05) is 19.0 Å². The summed E-state index contributed by atoms with van der Waals surface area (Å²) < 4.78 is 27.1. The minimum Gasteiger partial charge on any atom is -0.493 e. The molecule has 0 radical (unpaired) electrons. The van der Waals surface area contributed by atoms with Crippen LogP contribution >= 0.6 is 0 Å². The Morgan fingerprint density at radius 3 is 2.57 bits per heavy atom. The van der Waals surface area contributed by atoms with E-state index in [1.54, 1.807) is 50.2 Å². The second-order valence-electron chi connectivity index (χ2n) is 11.1. The molecule has 44 heavy (non-hydrogen) atoms. The van der Waals surface area contributed by atoms with Gasteiger partial charge in [0.2, 0.25) is 0 Å². The van der Waals surface area contributed by atoms with Crippen molar-refractivity contribution < 1.29 is 23.7 Å². The maximum atomic E-state index is 13.2. The van der Waals surface area contributed by atoms with E-state index < -0.39 is 11.5 Å². The smallest absolute Gasteiger partial charge is 0.284 e. The second-order valence-corrected chi connectivity index (χ2v) is 11.1. The molecule has 1 spiro atoms. The summed E-state index contributed by atoms with van der Waals surface area (Å²) in [6.45, 7) is 2.30. The molecule has 2 aliphatic rings. The van der Waals surface area contributed by atoms with Gasteiger partial charge < -0.3 is 24.3 Å². The first-order valence-corrected chi connectivity index (χ1v) is 14.4. The Balaban J connectivity index is 1.08. The van der Waals surface area contributed by atoms with Crippen LogP contribution in [0.2, 0.25) is 0 Å². The van der Waals surface area contributed by atoms with Crippen LogP contribution in [0.25, 0.3) is 16.6 Å². The Labute approximate surface area is 253 Å². The van der Waals surface area contributed by atoms with Gasteiger partial charge in [-0.25, -0.2) is 9.67 Å². The molecule has 7 rings (SSSR count). The highest BCUT2D eigenvalue weighted by atomic mass is 16.6. The minimum absolute atomic E-state index is 0.0187. The Kier molecular flexibility index (Phi) is 6.81. The summed E-state index contributed by atoms with van der Waals surface area (Å²) in [5.41, 5.74) is 1.55. The van der Waals surface area contributed by atoms with Gasteiger partial charge in [0.25, 0.3) is 11.5 Å². The van der Waals surface area contributed by atoms with Gasteiger partial charge in [0.1, 0.15) is 29.0 Å². The number of methoxy groups -OCH3 is 1. The lowest BCUT2D eigenvalue weighted by Gasteiger charge is -2.17. The van der Waals surface area contributed by atoms with E-state index in [-0.39, 0.29) is 23.1 Å². The molecule has 1 aliphatic carbocycles. The standard InChI is InChI=1S/C33H31N5O6/c1-20-30(32(40)38(37(20)2)21-7-5-4-6-8-21)31(39)36-29-10-9-22(18-35-29)43-26-11-14-34-25-16-28(27(41-3)15-24(25)26)44-23-17-33(12-13-33)42-19-23/h4-11,14-16,18,23H,12-13,17,19H2,1-3H3,(H,35,36,39). The molecule has 11 nitrogen and oxygen atoms in total. The topological polar surface area (TPSA) is 119 Å². The molecular formula is C33H31N5O6. The zero-order valence-electron chi connectivity index (χ0n) is 24.6. The van der Waals surface area contributed by atoms with E-state index in [4.69, 9.17) is 18.9 Å². The fourth-order valence-corrected chi connectivity index (χ4v) is 5.66. The summed E-state index contributed by atoms with van der Waals surface area (Å²) >= 11 is 0. The van der Waals surface area contributed by atoms with Gasteiger partial charge >= 0.3 is 0 Å². The van der Waals surface area contributed by atoms with Crippen molar-refractivity contribution in [1.82, 2.24) is 19.3 Å². The van der Waals surface area contributed by atoms with Crippen molar-refractivity contribution >= 4 is 22.6 Å². The monoisotopic (exact) mass is 593 g/mol. The highest BCUT2D eigenvalue weighted by Gasteiger charge is 2.51. The molecule has 1 N–H and O–H groups in total. The maximum absolute atomic E-state index is 13.2. The molecule has 1 unspecified atom stereocenters. The van der Waals surface area contributed by atoms with E-state index in [0.29, 0.717) is 46.5 Å². The molecule has 1 saturated heterocycles. The fourth-order valence-electron chi connectivity index (χ4n) is 5.66. The van der Waals surface area contributed by atoms with Gasteiger partial charge in [-0.1, -0.05) is 18.2 Å². The molecule has 11 heteroatoms. The lowest BCUT2D eigenvalue weighted by atomic mass is 10.1. The number of anilines is 1. The van der Waals surface area contributed by atoms with Crippen LogP contribution in [0.1, 0.15) is 35.3 Å². The van der Waals surface area contributed by atoms with Crippen LogP contribution in [0.4, 0.5) is 5.82 Å². The number of hydrogen-bond donors (Lipinski definition) is 1. The van der Waals surface area contributed by atoms with E-state index in [2.05, 4.69) is 15.3 Å². The number of benzene rings is 2. The van der Waals surface area contributed by atoms with Crippen LogP contribution in [0.5, 0.6) is 23.0 Å². The number of fused-ring (bicyclic) bond motifs is 1. The quantitative estimate of drug-likeness (QED) is 0.262. The molecule has 1 atom stereocenters. The van der Waals surface area contributed by atoms with Crippen LogP contribution in [0.3, 0.4) is 0 Å². The van der Waals surface area contributed by atoms with Crippen molar-refractivity contribution in [2.45, 2.75) is 37.9 Å². The van der Waals surface area contributed by atoms with E-state index in [1.165, 1.54) is 10.9 Å². The predicted octanol–water partition coefficient (Wildman–Crippen LogP) is 5.18. The summed E-state index contributed by atoms with van der Waals surface area (Å²) in [5, 5.41) is 3.47. The number of nitrogens with zero attached hydrogens (tertiary/aromatic N) is 4. The largest absolute Gasteiger partial charge is 0.493 e. The lowest BCUT2D eigenvalue weighted by Crippen LogP contribution is -2.25. The Morgan fingerprint density at radius 2 is 1.86 bits per heavy atom. The first-order valence-electron chi connectivity index (χ1n) is 14.4. The Hall–Kier alpha value is -5.16. The predicted molar refractivity (Wildman–Crippen MR) is 163 cm³/mol. The van der Waals surface area contributed by atoms with Gasteiger partial charge in [-0.3, -0.25) is 19.3 Å². The van der Waals surface area contributed by atoms with Crippen LogP contribution < -0.4 is 25.1 Å². The number of nitrogens with one attached hydrogen (secondary N) is 1. The number of ether oxygens (including phenoxy) is 4. The summed E-state index contributed by atoms with van der Waals surface area (Å²) in [6, 6.07) is 17.9. The number of amides is 1. The molecule has 1 aliphatic heterocycles. The first kappa shape index (κ1) is 27.7. The second kappa shape index (κ2) is 10.8.